The third kappa shape index (κ3) is 5.37. The minimum atomic E-state index is -0.0972. The second-order valence-corrected chi connectivity index (χ2v) is 6.63. The topological polar surface area (TPSA) is 47.6 Å². The summed E-state index contributed by atoms with van der Waals surface area (Å²) in [4.78, 5) is 13.3. The van der Waals surface area contributed by atoms with Crippen LogP contribution < -0.4 is 10.1 Å². The molecule has 124 valence electrons. The van der Waals surface area contributed by atoms with Crippen molar-refractivity contribution in [1.82, 2.24) is 5.32 Å². The van der Waals surface area contributed by atoms with Gasteiger partial charge in [-0.2, -0.15) is 0 Å². The van der Waals surface area contributed by atoms with E-state index >= 15 is 0 Å². The van der Waals surface area contributed by atoms with E-state index in [-0.39, 0.29) is 18.6 Å². The van der Waals surface area contributed by atoms with Crippen LogP contribution in [0.2, 0.25) is 0 Å². The Labute approximate surface area is 141 Å². The van der Waals surface area contributed by atoms with E-state index in [2.05, 4.69) is 19.2 Å². The average molecular weight is 333 g/mol. The first kappa shape index (κ1) is 17.5. The molecule has 0 radical (unpaired) electrons. The van der Waals surface area contributed by atoms with E-state index in [0.717, 1.165) is 11.3 Å². The molecular weight excluding hydrogens is 310 g/mol. The van der Waals surface area contributed by atoms with Crippen molar-refractivity contribution in [2.24, 2.45) is 5.92 Å². The number of hydrogen-bond donors (Lipinski definition) is 1. The lowest BCUT2D eigenvalue weighted by atomic mass is 10.0. The summed E-state index contributed by atoms with van der Waals surface area (Å²) in [5.41, 5.74) is 0.982. The summed E-state index contributed by atoms with van der Waals surface area (Å²) < 4.78 is 10.7. The Bertz CT molecular complexity index is 610. The van der Waals surface area contributed by atoms with Crippen LogP contribution in [0, 0.1) is 5.92 Å². The predicted molar refractivity (Wildman–Crippen MR) is 92.7 cm³/mol. The highest BCUT2D eigenvalue weighted by Gasteiger charge is 2.19. The van der Waals surface area contributed by atoms with E-state index in [1.165, 1.54) is 4.88 Å². The second kappa shape index (κ2) is 8.70. The summed E-state index contributed by atoms with van der Waals surface area (Å²) in [7, 11) is 1.63. The zero-order valence-corrected chi connectivity index (χ0v) is 14.6. The minimum Gasteiger partial charge on any atom is -0.497 e. The third-order valence-electron chi connectivity index (χ3n) is 3.47. The fourth-order valence-corrected chi connectivity index (χ4v) is 3.22. The lowest BCUT2D eigenvalue weighted by Gasteiger charge is -2.21. The van der Waals surface area contributed by atoms with E-state index in [4.69, 9.17) is 9.47 Å². The zero-order valence-electron chi connectivity index (χ0n) is 13.7. The molecule has 5 heteroatoms. The maximum absolute atomic E-state index is 12.1. The predicted octanol–water partition coefficient (Wildman–Crippen LogP) is 3.79. The van der Waals surface area contributed by atoms with Crippen LogP contribution in [0.3, 0.4) is 0 Å². The van der Waals surface area contributed by atoms with Gasteiger partial charge in [0.1, 0.15) is 12.4 Å². The van der Waals surface area contributed by atoms with E-state index in [9.17, 15) is 4.79 Å². The molecule has 2 aromatic rings. The standard InChI is InChI=1S/C18H23NO3S/c1-13(2)18(16-8-5-9-23-16)19-17(20)12-22-11-14-6-4-7-15(10-14)21-3/h4-10,13,18H,11-12H2,1-3H3,(H,19,20)/t18-/m0/s1. The van der Waals surface area contributed by atoms with Crippen molar-refractivity contribution >= 4 is 17.2 Å². The van der Waals surface area contributed by atoms with Gasteiger partial charge < -0.3 is 14.8 Å². The molecular formula is C18H23NO3S. The molecule has 0 saturated carbocycles. The van der Waals surface area contributed by atoms with Crippen LogP contribution in [0.25, 0.3) is 0 Å². The van der Waals surface area contributed by atoms with E-state index in [1.807, 2.05) is 41.8 Å². The van der Waals surface area contributed by atoms with Crippen LogP contribution in [0.15, 0.2) is 41.8 Å². The number of carbonyl (C=O) groups is 1. The number of ether oxygens (including phenoxy) is 2. The average Bonchev–Trinajstić information content (AvgIpc) is 3.06. The van der Waals surface area contributed by atoms with Crippen LogP contribution in [-0.2, 0) is 16.1 Å². The van der Waals surface area contributed by atoms with Gasteiger partial charge in [-0.25, -0.2) is 0 Å². The lowest BCUT2D eigenvalue weighted by Crippen LogP contribution is -2.33. The summed E-state index contributed by atoms with van der Waals surface area (Å²) in [6, 6.07) is 11.7. The third-order valence-corrected chi connectivity index (χ3v) is 4.42. The highest BCUT2D eigenvalue weighted by molar-refractivity contribution is 7.10. The smallest absolute Gasteiger partial charge is 0.246 e. The van der Waals surface area contributed by atoms with Crippen molar-refractivity contribution in [2.45, 2.75) is 26.5 Å². The second-order valence-electron chi connectivity index (χ2n) is 5.65. The highest BCUT2D eigenvalue weighted by atomic mass is 32.1. The van der Waals surface area contributed by atoms with Crippen LogP contribution in [0.4, 0.5) is 0 Å². The molecule has 0 aliphatic rings. The van der Waals surface area contributed by atoms with Crippen molar-refractivity contribution in [3.05, 3.63) is 52.2 Å². The summed E-state index contributed by atoms with van der Waals surface area (Å²) in [5, 5.41) is 5.07. The molecule has 1 aromatic carbocycles. The number of amides is 1. The van der Waals surface area contributed by atoms with Gasteiger partial charge in [0.2, 0.25) is 5.91 Å². The van der Waals surface area contributed by atoms with Gasteiger partial charge in [-0.15, -0.1) is 11.3 Å². The van der Waals surface area contributed by atoms with Crippen molar-refractivity contribution in [3.8, 4) is 5.75 Å². The largest absolute Gasteiger partial charge is 0.497 e. The Morgan fingerprint density at radius 1 is 1.26 bits per heavy atom. The van der Waals surface area contributed by atoms with Gasteiger partial charge in [0.25, 0.3) is 0 Å². The molecule has 1 atom stereocenters. The van der Waals surface area contributed by atoms with E-state index in [0.29, 0.717) is 12.5 Å². The maximum Gasteiger partial charge on any atom is 0.246 e. The van der Waals surface area contributed by atoms with E-state index < -0.39 is 0 Å². The lowest BCUT2D eigenvalue weighted by molar-refractivity contribution is -0.127. The monoisotopic (exact) mass is 333 g/mol. The summed E-state index contributed by atoms with van der Waals surface area (Å²) in [6.45, 7) is 4.63. The molecule has 4 nitrogen and oxygen atoms in total. The normalized spacial score (nSPS) is 12.2. The van der Waals surface area contributed by atoms with Crippen LogP contribution in [0.5, 0.6) is 5.75 Å². The number of rotatable bonds is 8. The summed E-state index contributed by atoms with van der Waals surface area (Å²) >= 11 is 1.66. The summed E-state index contributed by atoms with van der Waals surface area (Å²) in [6.07, 6.45) is 0. The summed E-state index contributed by atoms with van der Waals surface area (Å²) in [5.74, 6) is 1.02. The molecule has 0 bridgehead atoms. The number of methoxy groups -OCH3 is 1. The minimum absolute atomic E-state index is 0.0305. The number of carbonyl (C=O) groups excluding carboxylic acids is 1. The molecule has 0 unspecified atom stereocenters. The Hall–Kier alpha value is -1.85. The Balaban J connectivity index is 1.82. The number of benzene rings is 1. The number of thiophene rings is 1. The first-order chi connectivity index (χ1) is 11.1. The van der Waals surface area contributed by atoms with E-state index in [1.54, 1.807) is 18.4 Å². The van der Waals surface area contributed by atoms with Crippen LogP contribution >= 0.6 is 11.3 Å². The van der Waals surface area contributed by atoms with Crippen LogP contribution in [-0.4, -0.2) is 19.6 Å². The molecule has 2 rings (SSSR count). The van der Waals surface area contributed by atoms with Crippen molar-refractivity contribution in [3.63, 3.8) is 0 Å². The SMILES string of the molecule is COc1cccc(COCC(=O)N[C@H](c2cccs2)C(C)C)c1. The molecule has 1 aromatic heterocycles. The zero-order chi connectivity index (χ0) is 16.7. The van der Waals surface area contributed by atoms with Gasteiger partial charge in [-0.05, 0) is 35.1 Å². The maximum atomic E-state index is 12.1. The van der Waals surface area contributed by atoms with Crippen molar-refractivity contribution in [2.75, 3.05) is 13.7 Å². The molecule has 0 aliphatic heterocycles. The molecule has 0 spiro atoms. The first-order valence-corrected chi connectivity index (χ1v) is 8.51. The number of nitrogens with one attached hydrogen (secondary N) is 1. The molecule has 1 N–H and O–H groups in total. The van der Waals surface area contributed by atoms with Gasteiger partial charge in [-0.3, -0.25) is 4.79 Å². The van der Waals surface area contributed by atoms with Gasteiger partial charge >= 0.3 is 0 Å². The van der Waals surface area contributed by atoms with Crippen LogP contribution in [0.1, 0.15) is 30.3 Å². The molecule has 0 aliphatic carbocycles. The quantitative estimate of drug-likeness (QED) is 0.799. The van der Waals surface area contributed by atoms with Gasteiger partial charge in [0.05, 0.1) is 19.8 Å². The number of hydrogen-bond acceptors (Lipinski definition) is 4. The fraction of sp³-hybridized carbons (Fsp3) is 0.389. The highest BCUT2D eigenvalue weighted by Crippen LogP contribution is 2.25. The molecule has 0 saturated heterocycles. The first-order valence-electron chi connectivity index (χ1n) is 7.63. The van der Waals surface area contributed by atoms with Gasteiger partial charge in [0.15, 0.2) is 0 Å². The fourth-order valence-electron chi connectivity index (χ4n) is 2.27. The van der Waals surface area contributed by atoms with Crippen molar-refractivity contribution in [1.29, 1.82) is 0 Å². The van der Waals surface area contributed by atoms with Gasteiger partial charge in [-0.1, -0.05) is 32.0 Å². The Morgan fingerprint density at radius 3 is 2.74 bits per heavy atom. The van der Waals surface area contributed by atoms with Gasteiger partial charge in [0, 0.05) is 4.88 Å². The molecule has 0 fully saturated rings. The molecule has 1 heterocycles. The molecule has 1 amide bonds. The van der Waals surface area contributed by atoms with Crippen molar-refractivity contribution < 1.29 is 14.3 Å². The Morgan fingerprint density at radius 2 is 2.09 bits per heavy atom. The molecule has 23 heavy (non-hydrogen) atoms. The Kier molecular flexibility index (Phi) is 6.62.